The normalized spacial score (nSPS) is 14.9. The molecule has 0 bridgehead atoms. The maximum atomic E-state index is 12.7. The number of nitrogens with one attached hydrogen (secondary N) is 1. The molecule has 1 amide bonds. The highest BCUT2D eigenvalue weighted by Gasteiger charge is 2.31. The van der Waals surface area contributed by atoms with Gasteiger partial charge >= 0.3 is 0 Å². The van der Waals surface area contributed by atoms with Crippen LogP contribution in [0.4, 0.5) is 0 Å². The molecule has 9 heteroatoms. The van der Waals surface area contributed by atoms with Gasteiger partial charge in [-0.05, 0) is 36.1 Å². The van der Waals surface area contributed by atoms with E-state index in [2.05, 4.69) is 10.3 Å². The zero-order chi connectivity index (χ0) is 24.7. The zero-order valence-corrected chi connectivity index (χ0v) is 20.4. The molecule has 0 unspecified atom stereocenters. The Balaban J connectivity index is 1.23. The third kappa shape index (κ3) is 6.80. The number of amides is 1. The largest absolute Gasteiger partial charge is 0.497 e. The summed E-state index contributed by atoms with van der Waals surface area (Å²) in [6.07, 6.45) is 2.67. The monoisotopic (exact) mass is 495 g/mol. The fourth-order valence-corrected chi connectivity index (χ4v) is 5.53. The Bertz CT molecular complexity index is 1230. The van der Waals surface area contributed by atoms with Gasteiger partial charge in [-0.1, -0.05) is 42.5 Å². The number of benzene rings is 2. The number of piperidine rings is 1. The minimum atomic E-state index is -3.40. The van der Waals surface area contributed by atoms with Crippen molar-refractivity contribution in [1.82, 2.24) is 14.6 Å². The highest BCUT2D eigenvalue weighted by molar-refractivity contribution is 7.88. The van der Waals surface area contributed by atoms with Gasteiger partial charge in [0.15, 0.2) is 0 Å². The molecule has 1 aliphatic heterocycles. The average molecular weight is 496 g/mol. The topological polar surface area (TPSA) is 97.8 Å². The van der Waals surface area contributed by atoms with E-state index in [0.29, 0.717) is 49.9 Å². The van der Waals surface area contributed by atoms with Gasteiger partial charge in [0.05, 0.1) is 12.9 Å². The number of aromatic nitrogens is 1. The standard InChI is InChI=1S/C26H29N3O5S/c1-33-23-8-5-9-24(16-23)34-25-11-10-21(17-27-25)18-28-26(30)22-12-14-29(15-13-22)35(31,32)19-20-6-3-2-4-7-20/h2-11,16-17,22H,12-15,18-19H2,1H3,(H,28,30). The zero-order valence-electron chi connectivity index (χ0n) is 19.6. The van der Waals surface area contributed by atoms with Crippen molar-refractivity contribution in [3.8, 4) is 17.4 Å². The van der Waals surface area contributed by atoms with Gasteiger partial charge in [0.2, 0.25) is 21.8 Å². The molecule has 0 atom stereocenters. The van der Waals surface area contributed by atoms with Crippen LogP contribution in [0.3, 0.4) is 0 Å². The molecule has 1 aromatic heterocycles. The molecule has 4 rings (SSSR count). The number of hydrogen-bond donors (Lipinski definition) is 1. The summed E-state index contributed by atoms with van der Waals surface area (Å²) in [4.78, 5) is 17.0. The maximum Gasteiger partial charge on any atom is 0.223 e. The number of ether oxygens (including phenoxy) is 2. The first-order chi connectivity index (χ1) is 16.9. The molecule has 2 heterocycles. The van der Waals surface area contributed by atoms with E-state index in [9.17, 15) is 13.2 Å². The first-order valence-electron chi connectivity index (χ1n) is 11.5. The van der Waals surface area contributed by atoms with E-state index in [4.69, 9.17) is 9.47 Å². The molecule has 0 spiro atoms. The second-order valence-corrected chi connectivity index (χ2v) is 10.4. The SMILES string of the molecule is COc1cccc(Oc2ccc(CNC(=O)C3CCN(S(=O)(=O)Cc4ccccc4)CC3)cn2)c1. The molecule has 0 radical (unpaired) electrons. The molecule has 3 aromatic rings. The van der Waals surface area contributed by atoms with Crippen LogP contribution >= 0.6 is 0 Å². The summed E-state index contributed by atoms with van der Waals surface area (Å²) in [5.41, 5.74) is 1.61. The van der Waals surface area contributed by atoms with Crippen LogP contribution in [-0.2, 0) is 27.1 Å². The summed E-state index contributed by atoms with van der Waals surface area (Å²) in [7, 11) is -1.80. The molecule has 184 valence electrons. The molecule has 0 aliphatic carbocycles. The number of pyridine rings is 1. The molecule has 1 fully saturated rings. The van der Waals surface area contributed by atoms with Gasteiger partial charge in [0.1, 0.15) is 11.5 Å². The molecular formula is C26H29N3O5S. The molecule has 0 saturated carbocycles. The second kappa shape index (κ2) is 11.3. The fourth-order valence-electron chi connectivity index (χ4n) is 3.97. The second-order valence-electron chi connectivity index (χ2n) is 8.42. The molecular weight excluding hydrogens is 466 g/mol. The quantitative estimate of drug-likeness (QED) is 0.486. The number of hydrogen-bond acceptors (Lipinski definition) is 6. The Kier molecular flexibility index (Phi) is 7.99. The van der Waals surface area contributed by atoms with Crippen LogP contribution < -0.4 is 14.8 Å². The van der Waals surface area contributed by atoms with E-state index in [1.54, 1.807) is 25.4 Å². The fraction of sp³-hybridized carbons (Fsp3) is 0.308. The predicted molar refractivity (Wildman–Crippen MR) is 133 cm³/mol. The van der Waals surface area contributed by atoms with E-state index in [1.807, 2.05) is 54.6 Å². The van der Waals surface area contributed by atoms with Crippen LogP contribution in [0.25, 0.3) is 0 Å². The first-order valence-corrected chi connectivity index (χ1v) is 13.1. The van der Waals surface area contributed by atoms with Gasteiger partial charge in [0, 0.05) is 43.9 Å². The lowest BCUT2D eigenvalue weighted by atomic mass is 9.97. The van der Waals surface area contributed by atoms with Crippen molar-refractivity contribution in [2.75, 3.05) is 20.2 Å². The van der Waals surface area contributed by atoms with Crippen molar-refractivity contribution < 1.29 is 22.7 Å². The molecule has 1 N–H and O–H groups in total. The van der Waals surface area contributed by atoms with Crippen LogP contribution in [0.15, 0.2) is 72.9 Å². The van der Waals surface area contributed by atoms with E-state index in [-0.39, 0.29) is 17.6 Å². The number of carbonyl (C=O) groups is 1. The van der Waals surface area contributed by atoms with E-state index in [1.165, 1.54) is 4.31 Å². The molecule has 1 saturated heterocycles. The predicted octanol–water partition coefficient (Wildman–Crippen LogP) is 3.74. The summed E-state index contributed by atoms with van der Waals surface area (Å²) in [5.74, 6) is 1.47. The Morgan fingerprint density at radius 3 is 2.43 bits per heavy atom. The minimum Gasteiger partial charge on any atom is -0.497 e. The number of rotatable bonds is 9. The molecule has 8 nitrogen and oxygen atoms in total. The molecule has 35 heavy (non-hydrogen) atoms. The van der Waals surface area contributed by atoms with Gasteiger partial charge in [-0.15, -0.1) is 0 Å². The van der Waals surface area contributed by atoms with Crippen molar-refractivity contribution in [2.24, 2.45) is 5.92 Å². The first kappa shape index (κ1) is 24.7. The summed E-state index contributed by atoms with van der Waals surface area (Å²) >= 11 is 0. The van der Waals surface area contributed by atoms with Crippen molar-refractivity contribution in [3.63, 3.8) is 0 Å². The van der Waals surface area contributed by atoms with E-state index >= 15 is 0 Å². The number of sulfonamides is 1. The van der Waals surface area contributed by atoms with Crippen molar-refractivity contribution in [2.45, 2.75) is 25.1 Å². The highest BCUT2D eigenvalue weighted by atomic mass is 32.2. The van der Waals surface area contributed by atoms with Gasteiger partial charge in [-0.25, -0.2) is 17.7 Å². The third-order valence-electron chi connectivity index (χ3n) is 5.94. The van der Waals surface area contributed by atoms with E-state index in [0.717, 1.165) is 11.1 Å². The van der Waals surface area contributed by atoms with Gasteiger partial charge in [-0.2, -0.15) is 0 Å². The Hall–Kier alpha value is -3.43. The highest BCUT2D eigenvalue weighted by Crippen LogP contribution is 2.24. The van der Waals surface area contributed by atoms with Crippen LogP contribution in [-0.4, -0.2) is 43.8 Å². The number of carbonyl (C=O) groups excluding carboxylic acids is 1. The summed E-state index contributed by atoms with van der Waals surface area (Å²) in [6, 6.07) is 20.0. The summed E-state index contributed by atoms with van der Waals surface area (Å²) in [6.45, 7) is 1.05. The number of nitrogens with zero attached hydrogens (tertiary/aromatic N) is 2. The van der Waals surface area contributed by atoms with E-state index < -0.39 is 10.0 Å². The molecule has 1 aliphatic rings. The number of methoxy groups -OCH3 is 1. The molecule has 2 aromatic carbocycles. The van der Waals surface area contributed by atoms with Crippen LogP contribution in [0.5, 0.6) is 17.4 Å². The van der Waals surface area contributed by atoms with Gasteiger partial charge < -0.3 is 14.8 Å². The lowest BCUT2D eigenvalue weighted by Crippen LogP contribution is -2.43. The van der Waals surface area contributed by atoms with Gasteiger partial charge in [0.25, 0.3) is 0 Å². The maximum absolute atomic E-state index is 12.7. The van der Waals surface area contributed by atoms with Crippen LogP contribution in [0.2, 0.25) is 0 Å². The van der Waals surface area contributed by atoms with Crippen molar-refractivity contribution in [3.05, 3.63) is 84.1 Å². The third-order valence-corrected chi connectivity index (χ3v) is 7.79. The van der Waals surface area contributed by atoms with Crippen LogP contribution in [0, 0.1) is 5.92 Å². The Morgan fingerprint density at radius 1 is 1.00 bits per heavy atom. The lowest BCUT2D eigenvalue weighted by Gasteiger charge is -2.30. The van der Waals surface area contributed by atoms with Crippen molar-refractivity contribution >= 4 is 15.9 Å². The summed E-state index contributed by atoms with van der Waals surface area (Å²) < 4.78 is 37.9. The Morgan fingerprint density at radius 2 is 1.74 bits per heavy atom. The Labute approximate surface area is 206 Å². The van der Waals surface area contributed by atoms with Gasteiger partial charge in [-0.3, -0.25) is 4.79 Å². The minimum absolute atomic E-state index is 0.0186. The summed E-state index contributed by atoms with van der Waals surface area (Å²) in [5, 5.41) is 2.94. The van der Waals surface area contributed by atoms with Crippen molar-refractivity contribution in [1.29, 1.82) is 0 Å². The van der Waals surface area contributed by atoms with Crippen LogP contribution in [0.1, 0.15) is 24.0 Å². The average Bonchev–Trinajstić information content (AvgIpc) is 2.88. The smallest absolute Gasteiger partial charge is 0.223 e. The lowest BCUT2D eigenvalue weighted by molar-refractivity contribution is -0.126.